The molecule has 0 bridgehead atoms. The largest absolute Gasteiger partial charge is 0.481 e. The van der Waals surface area contributed by atoms with Gasteiger partial charge in [-0.15, -0.1) is 0 Å². The quantitative estimate of drug-likeness (QED) is 0.911. The van der Waals surface area contributed by atoms with Gasteiger partial charge in [-0.2, -0.15) is 0 Å². The second kappa shape index (κ2) is 5.05. The number of carboxylic acid groups (broad SMARTS) is 1. The van der Waals surface area contributed by atoms with E-state index in [1.807, 2.05) is 24.3 Å². The van der Waals surface area contributed by atoms with Crippen LogP contribution in [0.15, 0.2) is 35.0 Å². The molecule has 21 heavy (non-hydrogen) atoms. The third-order valence-corrected chi connectivity index (χ3v) is 3.73. The number of hydrogen-bond donors (Lipinski definition) is 1. The summed E-state index contributed by atoms with van der Waals surface area (Å²) in [6.45, 7) is 1.81. The number of fused-ring (bicyclic) bond motifs is 1. The number of aromatic nitrogens is 1. The van der Waals surface area contributed by atoms with Crippen LogP contribution in [0.1, 0.15) is 21.7 Å². The van der Waals surface area contributed by atoms with Gasteiger partial charge in [0.05, 0.1) is 12.1 Å². The van der Waals surface area contributed by atoms with Crippen molar-refractivity contribution >= 4 is 17.6 Å². The number of rotatable bonds is 2. The molecule has 1 aromatic carbocycles. The number of carbonyl (C=O) groups is 2. The number of carboxylic acids is 1. The van der Waals surface area contributed by atoms with E-state index in [4.69, 9.17) is 4.52 Å². The molecule has 1 atom stereocenters. The molecule has 0 fully saturated rings. The van der Waals surface area contributed by atoms with E-state index >= 15 is 0 Å². The molecule has 1 unspecified atom stereocenters. The summed E-state index contributed by atoms with van der Waals surface area (Å²) < 4.78 is 4.92. The third-order valence-electron chi connectivity index (χ3n) is 3.73. The maximum Gasteiger partial charge on any atom is 0.308 e. The Bertz CT molecular complexity index is 707. The van der Waals surface area contributed by atoms with Crippen molar-refractivity contribution in [2.24, 2.45) is 5.92 Å². The first kappa shape index (κ1) is 13.4. The number of benzene rings is 1. The summed E-state index contributed by atoms with van der Waals surface area (Å²) in [5.41, 5.74) is 1.97. The van der Waals surface area contributed by atoms with E-state index in [0.29, 0.717) is 17.7 Å². The maximum atomic E-state index is 12.6. The Labute approximate surface area is 121 Å². The van der Waals surface area contributed by atoms with E-state index in [1.165, 1.54) is 11.1 Å². The molecule has 0 spiro atoms. The van der Waals surface area contributed by atoms with Crippen LogP contribution in [0.5, 0.6) is 0 Å². The standard InChI is InChI=1S/C15H14N2O4/c1-9-12(7-16-21-9)14(18)17-8-11(15(19)20)6-10-4-2-3-5-13(10)17/h2-5,7,11H,6,8H2,1H3,(H,19,20). The van der Waals surface area contributed by atoms with E-state index in [-0.39, 0.29) is 12.5 Å². The minimum atomic E-state index is -0.899. The highest BCUT2D eigenvalue weighted by molar-refractivity contribution is 6.07. The Balaban J connectivity index is 2.02. The van der Waals surface area contributed by atoms with Crippen LogP contribution in [0.25, 0.3) is 0 Å². The van der Waals surface area contributed by atoms with Gasteiger partial charge in [-0.1, -0.05) is 23.4 Å². The van der Waals surface area contributed by atoms with Gasteiger partial charge in [0.15, 0.2) is 0 Å². The van der Waals surface area contributed by atoms with Gasteiger partial charge in [-0.25, -0.2) is 0 Å². The van der Waals surface area contributed by atoms with Crippen LogP contribution >= 0.6 is 0 Å². The molecule has 0 radical (unpaired) electrons. The lowest BCUT2D eigenvalue weighted by Crippen LogP contribution is -2.42. The summed E-state index contributed by atoms with van der Waals surface area (Å²) in [6.07, 6.45) is 1.79. The smallest absolute Gasteiger partial charge is 0.308 e. The minimum Gasteiger partial charge on any atom is -0.481 e. The Morgan fingerprint density at radius 3 is 2.81 bits per heavy atom. The van der Waals surface area contributed by atoms with Gasteiger partial charge in [0.25, 0.3) is 5.91 Å². The van der Waals surface area contributed by atoms with Gasteiger partial charge < -0.3 is 14.5 Å². The van der Waals surface area contributed by atoms with Gasteiger partial charge in [-0.05, 0) is 25.0 Å². The first-order chi connectivity index (χ1) is 10.1. The molecule has 0 saturated carbocycles. The van der Waals surface area contributed by atoms with E-state index < -0.39 is 11.9 Å². The van der Waals surface area contributed by atoms with Crippen molar-refractivity contribution in [3.63, 3.8) is 0 Å². The molecule has 1 aliphatic heterocycles. The number of para-hydroxylation sites is 1. The average Bonchev–Trinajstić information content (AvgIpc) is 2.91. The highest BCUT2D eigenvalue weighted by Crippen LogP contribution is 2.31. The monoisotopic (exact) mass is 286 g/mol. The zero-order valence-electron chi connectivity index (χ0n) is 11.4. The fraction of sp³-hybridized carbons (Fsp3) is 0.267. The molecule has 6 heteroatoms. The number of anilines is 1. The van der Waals surface area contributed by atoms with Crippen molar-refractivity contribution in [3.8, 4) is 0 Å². The first-order valence-corrected chi connectivity index (χ1v) is 6.61. The van der Waals surface area contributed by atoms with E-state index in [0.717, 1.165) is 11.3 Å². The highest BCUT2D eigenvalue weighted by Gasteiger charge is 2.33. The van der Waals surface area contributed by atoms with Crippen molar-refractivity contribution in [2.45, 2.75) is 13.3 Å². The van der Waals surface area contributed by atoms with Crippen LogP contribution in [-0.2, 0) is 11.2 Å². The summed E-state index contributed by atoms with van der Waals surface area (Å²) in [4.78, 5) is 25.5. The molecule has 1 amide bonds. The fourth-order valence-corrected chi connectivity index (χ4v) is 2.60. The van der Waals surface area contributed by atoms with Gasteiger partial charge >= 0.3 is 5.97 Å². The molecular weight excluding hydrogens is 272 g/mol. The number of hydrogen-bond acceptors (Lipinski definition) is 4. The van der Waals surface area contributed by atoms with Gasteiger partial charge in [0.2, 0.25) is 0 Å². The average molecular weight is 286 g/mol. The van der Waals surface area contributed by atoms with E-state index in [9.17, 15) is 14.7 Å². The Morgan fingerprint density at radius 1 is 1.38 bits per heavy atom. The molecule has 3 rings (SSSR count). The summed E-state index contributed by atoms with van der Waals surface area (Å²) in [7, 11) is 0. The summed E-state index contributed by atoms with van der Waals surface area (Å²) >= 11 is 0. The summed E-state index contributed by atoms with van der Waals surface area (Å²) in [5.74, 6) is -1.37. The second-order valence-corrected chi connectivity index (χ2v) is 5.08. The highest BCUT2D eigenvalue weighted by atomic mass is 16.5. The Kier molecular flexibility index (Phi) is 3.21. The third kappa shape index (κ3) is 2.29. The van der Waals surface area contributed by atoms with Crippen LogP contribution in [0.2, 0.25) is 0 Å². The minimum absolute atomic E-state index is 0.149. The zero-order chi connectivity index (χ0) is 15.0. The van der Waals surface area contributed by atoms with Crippen LogP contribution < -0.4 is 4.90 Å². The van der Waals surface area contributed by atoms with Crippen LogP contribution in [0.4, 0.5) is 5.69 Å². The SMILES string of the molecule is Cc1oncc1C(=O)N1CC(C(=O)O)Cc2ccccc21. The van der Waals surface area contributed by atoms with Crippen molar-refractivity contribution in [2.75, 3.05) is 11.4 Å². The fourth-order valence-electron chi connectivity index (χ4n) is 2.60. The number of aliphatic carboxylic acids is 1. The lowest BCUT2D eigenvalue weighted by atomic mass is 9.92. The molecule has 0 aliphatic carbocycles. The van der Waals surface area contributed by atoms with Gasteiger partial charge in [-0.3, -0.25) is 9.59 Å². The lowest BCUT2D eigenvalue weighted by Gasteiger charge is -2.32. The molecule has 108 valence electrons. The number of nitrogens with zero attached hydrogens (tertiary/aromatic N) is 2. The molecule has 1 aromatic heterocycles. The molecule has 1 aliphatic rings. The van der Waals surface area contributed by atoms with Gasteiger partial charge in [0, 0.05) is 12.2 Å². The summed E-state index contributed by atoms with van der Waals surface area (Å²) in [5, 5.41) is 12.9. The predicted molar refractivity (Wildman–Crippen MR) is 74.2 cm³/mol. The van der Waals surface area contributed by atoms with E-state index in [2.05, 4.69) is 5.16 Å². The summed E-state index contributed by atoms with van der Waals surface area (Å²) in [6, 6.07) is 7.36. The predicted octanol–water partition coefficient (Wildman–Crippen LogP) is 1.89. The maximum absolute atomic E-state index is 12.6. The zero-order valence-corrected chi connectivity index (χ0v) is 11.4. The van der Waals surface area contributed by atoms with Gasteiger partial charge in [0.1, 0.15) is 11.3 Å². The molecule has 2 aromatic rings. The molecule has 2 heterocycles. The topological polar surface area (TPSA) is 83.6 Å². The number of aryl methyl sites for hydroxylation is 1. The van der Waals surface area contributed by atoms with E-state index in [1.54, 1.807) is 6.92 Å². The molecule has 0 saturated heterocycles. The Hall–Kier alpha value is -2.63. The van der Waals surface area contributed by atoms with Crippen molar-refractivity contribution in [1.29, 1.82) is 0 Å². The normalized spacial score (nSPS) is 17.4. The molecular formula is C15H14N2O4. The van der Waals surface area contributed by atoms with Crippen LogP contribution in [-0.4, -0.2) is 28.7 Å². The molecule has 6 nitrogen and oxygen atoms in total. The van der Waals surface area contributed by atoms with Crippen LogP contribution in [0.3, 0.4) is 0 Å². The van der Waals surface area contributed by atoms with Crippen molar-refractivity contribution < 1.29 is 19.2 Å². The second-order valence-electron chi connectivity index (χ2n) is 5.08. The van der Waals surface area contributed by atoms with Crippen molar-refractivity contribution in [1.82, 2.24) is 5.16 Å². The first-order valence-electron chi connectivity index (χ1n) is 6.61. The number of amides is 1. The van der Waals surface area contributed by atoms with Crippen molar-refractivity contribution in [3.05, 3.63) is 47.3 Å². The number of carbonyl (C=O) groups excluding carboxylic acids is 1. The molecule has 1 N–H and O–H groups in total. The lowest BCUT2D eigenvalue weighted by molar-refractivity contribution is -0.141. The Morgan fingerprint density at radius 2 is 2.14 bits per heavy atom. The van der Waals surface area contributed by atoms with Crippen LogP contribution in [0, 0.1) is 12.8 Å².